The van der Waals surface area contributed by atoms with Crippen molar-refractivity contribution in [1.82, 2.24) is 0 Å². The SMILES string of the molecule is C=CCO[C@H]1[C@H](OCc2ccccc2)[C@@H](N=[N+]=[N-])C(Sc2ccccc2)O[C@@H]1COCc1ccccc1. The minimum atomic E-state index is -0.626. The molecule has 7 nitrogen and oxygen atoms in total. The Morgan fingerprint density at radius 2 is 1.49 bits per heavy atom. The van der Waals surface area contributed by atoms with Crippen molar-refractivity contribution in [3.05, 3.63) is 125 Å². The molecule has 3 aromatic rings. The molecular formula is C29H31N3O4S. The number of benzene rings is 3. The highest BCUT2D eigenvalue weighted by Gasteiger charge is 2.47. The summed E-state index contributed by atoms with van der Waals surface area (Å²) in [6.45, 7) is 5.17. The highest BCUT2D eigenvalue weighted by atomic mass is 32.2. The molecule has 0 radical (unpaired) electrons. The highest BCUT2D eigenvalue weighted by molar-refractivity contribution is 7.99. The summed E-state index contributed by atoms with van der Waals surface area (Å²) in [6.07, 6.45) is 0.150. The normalized spacial score (nSPS) is 23.2. The second kappa shape index (κ2) is 14.6. The van der Waals surface area contributed by atoms with Gasteiger partial charge in [0.2, 0.25) is 0 Å². The van der Waals surface area contributed by atoms with Gasteiger partial charge in [-0.05, 0) is 28.8 Å². The van der Waals surface area contributed by atoms with E-state index in [0.29, 0.717) is 19.8 Å². The second-order valence-electron chi connectivity index (χ2n) is 8.52. The van der Waals surface area contributed by atoms with E-state index in [0.717, 1.165) is 16.0 Å². The van der Waals surface area contributed by atoms with Crippen LogP contribution < -0.4 is 0 Å². The Morgan fingerprint density at radius 3 is 2.11 bits per heavy atom. The van der Waals surface area contributed by atoms with E-state index >= 15 is 0 Å². The Hall–Kier alpha value is -3.10. The van der Waals surface area contributed by atoms with Crippen LogP contribution in [0, 0.1) is 0 Å². The molecule has 1 heterocycles. The summed E-state index contributed by atoms with van der Waals surface area (Å²) in [5.74, 6) is 0. The first-order valence-electron chi connectivity index (χ1n) is 12.2. The number of thioether (sulfide) groups is 1. The van der Waals surface area contributed by atoms with E-state index < -0.39 is 29.8 Å². The molecule has 0 spiro atoms. The van der Waals surface area contributed by atoms with Crippen molar-refractivity contribution in [2.45, 2.75) is 47.9 Å². The molecule has 0 saturated carbocycles. The standard InChI is InChI=1S/C29H31N3O4S/c1-2-18-34-27-25(21-33-19-22-12-6-3-7-13-22)36-29(37-24-16-10-5-11-17-24)26(31-32-30)28(27)35-20-23-14-8-4-9-15-23/h2-17,25-29H,1,18-21H2/t25-,26-,27-,28-,29?/m1/s1. The summed E-state index contributed by atoms with van der Waals surface area (Å²) in [7, 11) is 0. The maximum Gasteiger partial charge on any atom is 0.119 e. The van der Waals surface area contributed by atoms with Crippen LogP contribution in [0.2, 0.25) is 0 Å². The van der Waals surface area contributed by atoms with Crippen LogP contribution in [0.4, 0.5) is 0 Å². The predicted octanol–water partition coefficient (Wildman–Crippen LogP) is 6.56. The summed E-state index contributed by atoms with van der Waals surface area (Å²) < 4.78 is 25.2. The van der Waals surface area contributed by atoms with Gasteiger partial charge in [-0.3, -0.25) is 0 Å². The summed E-state index contributed by atoms with van der Waals surface area (Å²) in [5, 5.41) is 4.14. The number of ether oxygens (including phenoxy) is 4. The van der Waals surface area contributed by atoms with Gasteiger partial charge in [-0.2, -0.15) is 0 Å². The van der Waals surface area contributed by atoms with E-state index in [1.165, 1.54) is 11.8 Å². The van der Waals surface area contributed by atoms with E-state index in [4.69, 9.17) is 18.9 Å². The summed E-state index contributed by atoms with van der Waals surface area (Å²) in [6, 6.07) is 29.1. The first-order chi connectivity index (χ1) is 18.3. The molecule has 0 amide bonds. The molecule has 5 atom stereocenters. The number of hydrogen-bond acceptors (Lipinski definition) is 6. The van der Waals surface area contributed by atoms with Crippen molar-refractivity contribution in [2.75, 3.05) is 13.2 Å². The molecule has 0 aliphatic carbocycles. The first kappa shape index (κ1) is 26.9. The molecule has 4 rings (SSSR count). The van der Waals surface area contributed by atoms with Crippen LogP contribution in [-0.4, -0.2) is 43.0 Å². The fourth-order valence-corrected chi connectivity index (χ4v) is 5.27. The minimum Gasteiger partial charge on any atom is -0.374 e. The monoisotopic (exact) mass is 517 g/mol. The number of rotatable bonds is 13. The third-order valence-electron chi connectivity index (χ3n) is 5.88. The molecule has 37 heavy (non-hydrogen) atoms. The summed E-state index contributed by atoms with van der Waals surface area (Å²) >= 11 is 1.50. The van der Waals surface area contributed by atoms with Gasteiger partial charge in [0.1, 0.15) is 23.7 Å². The fraction of sp³-hybridized carbons (Fsp3) is 0.310. The van der Waals surface area contributed by atoms with E-state index in [1.807, 2.05) is 91.0 Å². The second-order valence-corrected chi connectivity index (χ2v) is 9.69. The summed E-state index contributed by atoms with van der Waals surface area (Å²) in [4.78, 5) is 4.14. The van der Waals surface area contributed by atoms with E-state index in [1.54, 1.807) is 6.08 Å². The van der Waals surface area contributed by atoms with Crippen molar-refractivity contribution < 1.29 is 18.9 Å². The quantitative estimate of drug-likeness (QED) is 0.111. The molecule has 0 aromatic heterocycles. The van der Waals surface area contributed by atoms with E-state index in [2.05, 4.69) is 16.6 Å². The van der Waals surface area contributed by atoms with Crippen LogP contribution in [0.25, 0.3) is 10.4 Å². The minimum absolute atomic E-state index is 0.288. The number of nitrogens with zero attached hydrogens (tertiary/aromatic N) is 3. The first-order valence-corrected chi connectivity index (χ1v) is 13.1. The van der Waals surface area contributed by atoms with Crippen molar-refractivity contribution in [1.29, 1.82) is 0 Å². The lowest BCUT2D eigenvalue weighted by molar-refractivity contribution is -0.204. The zero-order valence-corrected chi connectivity index (χ0v) is 21.4. The molecule has 8 heteroatoms. The zero-order valence-electron chi connectivity index (χ0n) is 20.5. The van der Waals surface area contributed by atoms with Gasteiger partial charge in [-0.1, -0.05) is 102 Å². The molecule has 0 N–H and O–H groups in total. The molecule has 1 saturated heterocycles. The van der Waals surface area contributed by atoms with Gasteiger partial charge in [-0.15, -0.1) is 6.58 Å². The lowest BCUT2D eigenvalue weighted by atomic mass is 9.98. The van der Waals surface area contributed by atoms with Crippen molar-refractivity contribution >= 4 is 11.8 Å². The Bertz CT molecular complexity index is 1130. The average Bonchev–Trinajstić information content (AvgIpc) is 2.94. The van der Waals surface area contributed by atoms with Gasteiger partial charge in [-0.25, -0.2) is 0 Å². The molecular weight excluding hydrogens is 486 g/mol. The van der Waals surface area contributed by atoms with Crippen LogP contribution >= 0.6 is 11.8 Å². The Morgan fingerprint density at radius 1 is 0.865 bits per heavy atom. The molecule has 0 bridgehead atoms. The van der Waals surface area contributed by atoms with Gasteiger partial charge in [0.25, 0.3) is 0 Å². The summed E-state index contributed by atoms with van der Waals surface area (Å²) in [5.41, 5.74) is 11.0. The Labute approximate surface area is 222 Å². The van der Waals surface area contributed by atoms with Crippen molar-refractivity contribution in [2.24, 2.45) is 5.11 Å². The third kappa shape index (κ3) is 7.94. The van der Waals surface area contributed by atoms with E-state index in [-0.39, 0.29) is 6.61 Å². The third-order valence-corrected chi connectivity index (χ3v) is 7.05. The zero-order chi connectivity index (χ0) is 25.7. The van der Waals surface area contributed by atoms with Gasteiger partial charge in [0, 0.05) is 9.81 Å². The highest BCUT2D eigenvalue weighted by Crippen LogP contribution is 2.37. The van der Waals surface area contributed by atoms with Gasteiger partial charge in [0.05, 0.1) is 32.5 Å². The molecule has 1 unspecified atom stereocenters. The van der Waals surface area contributed by atoms with Crippen LogP contribution in [0.1, 0.15) is 11.1 Å². The molecule has 192 valence electrons. The fourth-order valence-electron chi connectivity index (χ4n) is 4.14. The number of azide groups is 1. The van der Waals surface area contributed by atoms with Crippen LogP contribution in [0.15, 0.2) is 114 Å². The number of hydrogen-bond donors (Lipinski definition) is 0. The smallest absolute Gasteiger partial charge is 0.119 e. The van der Waals surface area contributed by atoms with E-state index in [9.17, 15) is 5.53 Å². The predicted molar refractivity (Wildman–Crippen MR) is 145 cm³/mol. The van der Waals surface area contributed by atoms with Crippen molar-refractivity contribution in [3.63, 3.8) is 0 Å². The van der Waals surface area contributed by atoms with Gasteiger partial charge >= 0.3 is 0 Å². The maximum atomic E-state index is 9.46. The van der Waals surface area contributed by atoms with Crippen LogP contribution in [0.5, 0.6) is 0 Å². The molecule has 1 aliphatic rings. The average molecular weight is 518 g/mol. The van der Waals surface area contributed by atoms with Crippen LogP contribution in [-0.2, 0) is 32.2 Å². The molecule has 3 aromatic carbocycles. The lowest BCUT2D eigenvalue weighted by Crippen LogP contribution is -2.59. The topological polar surface area (TPSA) is 85.7 Å². The maximum absolute atomic E-state index is 9.46. The lowest BCUT2D eigenvalue weighted by Gasteiger charge is -2.44. The Kier molecular flexibility index (Phi) is 10.6. The largest absolute Gasteiger partial charge is 0.374 e. The Balaban J connectivity index is 1.59. The van der Waals surface area contributed by atoms with Crippen molar-refractivity contribution in [3.8, 4) is 0 Å². The molecule has 1 fully saturated rings. The van der Waals surface area contributed by atoms with Gasteiger partial charge in [0.15, 0.2) is 0 Å². The molecule has 1 aliphatic heterocycles. The van der Waals surface area contributed by atoms with Crippen LogP contribution in [0.3, 0.4) is 0 Å². The van der Waals surface area contributed by atoms with Gasteiger partial charge < -0.3 is 18.9 Å².